The van der Waals surface area contributed by atoms with Crippen molar-refractivity contribution in [3.63, 3.8) is 0 Å². The highest BCUT2D eigenvalue weighted by Gasteiger charge is 2.26. The Kier molecular flexibility index (Phi) is 6.09. The zero-order valence-corrected chi connectivity index (χ0v) is 12.9. The molecule has 114 valence electrons. The average molecular weight is 285 g/mol. The third-order valence-corrected chi connectivity index (χ3v) is 3.10. The van der Waals surface area contributed by atoms with Gasteiger partial charge in [-0.2, -0.15) is 5.10 Å². The van der Waals surface area contributed by atoms with Crippen LogP contribution in [0.3, 0.4) is 0 Å². The highest BCUT2D eigenvalue weighted by Crippen LogP contribution is 2.22. The van der Waals surface area contributed by atoms with Crippen LogP contribution in [0.1, 0.15) is 57.6 Å². The highest BCUT2D eigenvalue weighted by atomic mass is 16.5. The second-order valence-corrected chi connectivity index (χ2v) is 4.46. The van der Waals surface area contributed by atoms with E-state index in [4.69, 9.17) is 14.2 Å². The van der Waals surface area contributed by atoms with Gasteiger partial charge in [-0.25, -0.2) is 14.5 Å². The third-order valence-electron chi connectivity index (χ3n) is 3.10. The quantitative estimate of drug-likeness (QED) is 0.711. The van der Waals surface area contributed by atoms with Gasteiger partial charge in [0.25, 0.3) is 0 Å². The molecule has 7 heteroatoms. The average Bonchev–Trinajstić information content (AvgIpc) is 2.90. The van der Waals surface area contributed by atoms with Gasteiger partial charge in [0.2, 0.25) is 0 Å². The Hall–Kier alpha value is -1.47. The van der Waals surface area contributed by atoms with E-state index in [0.717, 1.165) is 0 Å². The first kappa shape index (κ1) is 16.6. The molecule has 1 rings (SSSR count). The van der Waals surface area contributed by atoms with Gasteiger partial charge >= 0.3 is 5.97 Å². The SMILES string of the molecule is CCOC(=O)C(C)n1nc(C(C)OC)nc1C(C)OC. The standard InChI is InChI=1S/C13H23N3O4/c1-7-20-13(17)8(2)16-12(10(4)19-6)14-11(15-16)9(3)18-5/h8-10H,7H2,1-6H3. The molecular formula is C13H23N3O4. The van der Waals surface area contributed by atoms with Gasteiger partial charge in [-0.15, -0.1) is 0 Å². The maximum atomic E-state index is 11.9. The maximum Gasteiger partial charge on any atom is 0.330 e. The highest BCUT2D eigenvalue weighted by molar-refractivity contribution is 5.73. The first-order valence-electron chi connectivity index (χ1n) is 6.64. The molecule has 0 spiro atoms. The van der Waals surface area contributed by atoms with Crippen molar-refractivity contribution in [1.82, 2.24) is 14.8 Å². The number of carbonyl (C=O) groups is 1. The summed E-state index contributed by atoms with van der Waals surface area (Å²) >= 11 is 0. The smallest absolute Gasteiger partial charge is 0.330 e. The molecule has 0 aliphatic carbocycles. The first-order valence-corrected chi connectivity index (χ1v) is 6.64. The minimum atomic E-state index is -0.562. The van der Waals surface area contributed by atoms with Crippen LogP contribution in [0.25, 0.3) is 0 Å². The first-order chi connectivity index (χ1) is 9.46. The molecule has 0 aromatic carbocycles. The van der Waals surface area contributed by atoms with Crippen LogP contribution in [0.15, 0.2) is 0 Å². The molecule has 7 nitrogen and oxygen atoms in total. The van der Waals surface area contributed by atoms with Gasteiger partial charge in [0.1, 0.15) is 18.2 Å². The summed E-state index contributed by atoms with van der Waals surface area (Å²) in [6, 6.07) is -0.562. The molecule has 0 radical (unpaired) electrons. The molecule has 0 fully saturated rings. The van der Waals surface area contributed by atoms with Crippen molar-refractivity contribution < 1.29 is 19.0 Å². The van der Waals surface area contributed by atoms with Crippen molar-refractivity contribution in [3.8, 4) is 0 Å². The van der Waals surface area contributed by atoms with Crippen molar-refractivity contribution in [2.45, 2.75) is 45.9 Å². The van der Waals surface area contributed by atoms with Crippen LogP contribution in [0, 0.1) is 0 Å². The Balaban J connectivity index is 3.14. The minimum absolute atomic E-state index is 0.256. The summed E-state index contributed by atoms with van der Waals surface area (Å²) < 4.78 is 17.0. The minimum Gasteiger partial charge on any atom is -0.464 e. The largest absolute Gasteiger partial charge is 0.464 e. The predicted molar refractivity (Wildman–Crippen MR) is 72.2 cm³/mol. The summed E-state index contributed by atoms with van der Waals surface area (Å²) in [6.45, 7) is 7.51. The molecule has 3 unspecified atom stereocenters. The lowest BCUT2D eigenvalue weighted by atomic mass is 10.3. The van der Waals surface area contributed by atoms with Crippen molar-refractivity contribution in [1.29, 1.82) is 0 Å². The summed E-state index contributed by atoms with van der Waals surface area (Å²) in [4.78, 5) is 16.3. The number of rotatable bonds is 7. The lowest BCUT2D eigenvalue weighted by molar-refractivity contribution is -0.147. The topological polar surface area (TPSA) is 75.5 Å². The fraction of sp³-hybridized carbons (Fsp3) is 0.769. The molecule has 1 heterocycles. The number of nitrogens with zero attached hydrogens (tertiary/aromatic N) is 3. The van der Waals surface area contributed by atoms with Gasteiger partial charge in [0, 0.05) is 14.2 Å². The summed E-state index contributed by atoms with van der Waals surface area (Å²) in [5.74, 6) is 0.744. The number of ether oxygens (including phenoxy) is 3. The molecule has 0 saturated heterocycles. The molecular weight excluding hydrogens is 262 g/mol. The Morgan fingerprint density at radius 2 is 1.80 bits per heavy atom. The molecule has 0 saturated carbocycles. The lowest BCUT2D eigenvalue weighted by Crippen LogP contribution is -2.23. The van der Waals surface area contributed by atoms with Gasteiger partial charge in [0.05, 0.1) is 6.61 Å². The number of methoxy groups -OCH3 is 2. The van der Waals surface area contributed by atoms with E-state index in [-0.39, 0.29) is 18.2 Å². The fourth-order valence-electron chi connectivity index (χ4n) is 1.66. The van der Waals surface area contributed by atoms with Gasteiger partial charge < -0.3 is 14.2 Å². The van der Waals surface area contributed by atoms with Crippen LogP contribution < -0.4 is 0 Å². The maximum absolute atomic E-state index is 11.9. The Morgan fingerprint density at radius 1 is 1.20 bits per heavy atom. The van der Waals surface area contributed by atoms with Crippen LogP contribution in [-0.4, -0.2) is 41.6 Å². The number of hydrogen-bond donors (Lipinski definition) is 0. The van der Waals surface area contributed by atoms with Crippen LogP contribution >= 0.6 is 0 Å². The van der Waals surface area contributed by atoms with Crippen molar-refractivity contribution in [2.75, 3.05) is 20.8 Å². The Morgan fingerprint density at radius 3 is 2.30 bits per heavy atom. The van der Waals surface area contributed by atoms with Crippen molar-refractivity contribution >= 4 is 5.97 Å². The molecule has 3 atom stereocenters. The molecule has 1 aromatic rings. The Bertz CT molecular complexity index is 447. The summed E-state index contributed by atoms with van der Waals surface area (Å²) in [7, 11) is 3.16. The third kappa shape index (κ3) is 3.55. The molecule has 0 bridgehead atoms. The molecule has 0 aliphatic heterocycles. The predicted octanol–water partition coefficient (Wildman–Crippen LogP) is 1.82. The second kappa shape index (κ2) is 7.35. The van der Waals surface area contributed by atoms with Gasteiger partial charge in [-0.05, 0) is 27.7 Å². The van der Waals surface area contributed by atoms with Crippen LogP contribution in [0.2, 0.25) is 0 Å². The van der Waals surface area contributed by atoms with E-state index in [0.29, 0.717) is 18.3 Å². The van der Waals surface area contributed by atoms with E-state index in [1.807, 2.05) is 13.8 Å². The monoisotopic (exact) mass is 285 g/mol. The van der Waals surface area contributed by atoms with Gasteiger partial charge in [-0.3, -0.25) is 0 Å². The summed E-state index contributed by atoms with van der Waals surface area (Å²) in [6.07, 6.45) is -0.536. The molecule has 20 heavy (non-hydrogen) atoms. The van der Waals surface area contributed by atoms with E-state index in [1.165, 1.54) is 4.68 Å². The molecule has 0 N–H and O–H groups in total. The van der Waals surface area contributed by atoms with Crippen LogP contribution in [0.4, 0.5) is 0 Å². The van der Waals surface area contributed by atoms with E-state index < -0.39 is 6.04 Å². The van der Waals surface area contributed by atoms with E-state index in [1.54, 1.807) is 28.1 Å². The lowest BCUT2D eigenvalue weighted by Gasteiger charge is -2.15. The van der Waals surface area contributed by atoms with E-state index in [2.05, 4.69) is 10.1 Å². The second-order valence-electron chi connectivity index (χ2n) is 4.46. The van der Waals surface area contributed by atoms with Gasteiger partial charge in [0.15, 0.2) is 11.6 Å². The molecule has 1 aromatic heterocycles. The van der Waals surface area contributed by atoms with E-state index >= 15 is 0 Å². The number of aromatic nitrogens is 3. The Labute approximate surface area is 119 Å². The number of carbonyl (C=O) groups excluding carboxylic acids is 1. The van der Waals surface area contributed by atoms with E-state index in [9.17, 15) is 4.79 Å². The van der Waals surface area contributed by atoms with Gasteiger partial charge in [-0.1, -0.05) is 0 Å². The normalized spacial score (nSPS) is 15.7. The van der Waals surface area contributed by atoms with Crippen LogP contribution in [0.5, 0.6) is 0 Å². The van der Waals surface area contributed by atoms with Crippen molar-refractivity contribution in [3.05, 3.63) is 11.6 Å². The fourth-order valence-corrected chi connectivity index (χ4v) is 1.66. The zero-order valence-electron chi connectivity index (χ0n) is 12.9. The molecule has 0 aliphatic rings. The number of esters is 1. The molecule has 0 amide bonds. The zero-order chi connectivity index (χ0) is 15.3. The van der Waals surface area contributed by atoms with Crippen molar-refractivity contribution in [2.24, 2.45) is 0 Å². The van der Waals surface area contributed by atoms with Crippen LogP contribution in [-0.2, 0) is 19.0 Å². The summed E-state index contributed by atoms with van der Waals surface area (Å²) in [5.41, 5.74) is 0. The number of hydrogen-bond acceptors (Lipinski definition) is 6. The summed E-state index contributed by atoms with van der Waals surface area (Å²) in [5, 5.41) is 4.35.